The van der Waals surface area contributed by atoms with Gasteiger partial charge in [0, 0.05) is 37.4 Å². The van der Waals surface area contributed by atoms with Crippen LogP contribution in [0, 0.1) is 11.8 Å². The summed E-state index contributed by atoms with van der Waals surface area (Å²) in [7, 11) is 0. The van der Waals surface area contributed by atoms with Gasteiger partial charge in [-0.2, -0.15) is 5.10 Å². The summed E-state index contributed by atoms with van der Waals surface area (Å²) < 4.78 is 7.93. The Morgan fingerprint density at radius 1 is 1.53 bits per heavy atom. The van der Waals surface area contributed by atoms with Gasteiger partial charge in [0.25, 0.3) is 0 Å². The first-order valence-corrected chi connectivity index (χ1v) is 7.55. The minimum Gasteiger partial charge on any atom is -0.373 e. The van der Waals surface area contributed by atoms with Crippen molar-refractivity contribution in [2.45, 2.75) is 46.3 Å². The molecule has 108 valence electrons. The number of nitrogens with one attached hydrogen (secondary N) is 1. The molecule has 1 saturated heterocycles. The molecule has 19 heavy (non-hydrogen) atoms. The van der Waals surface area contributed by atoms with Gasteiger partial charge in [-0.25, -0.2) is 0 Å². The van der Waals surface area contributed by atoms with Crippen molar-refractivity contribution in [3.8, 4) is 0 Å². The number of hydrogen-bond donors (Lipinski definition) is 1. The van der Waals surface area contributed by atoms with Crippen LogP contribution in [0.25, 0.3) is 0 Å². The van der Waals surface area contributed by atoms with Crippen molar-refractivity contribution in [1.29, 1.82) is 0 Å². The molecule has 2 heterocycles. The largest absolute Gasteiger partial charge is 0.373 e. The molecule has 0 amide bonds. The molecular weight excluding hydrogens is 238 g/mol. The van der Waals surface area contributed by atoms with E-state index in [4.69, 9.17) is 4.74 Å². The van der Waals surface area contributed by atoms with Gasteiger partial charge in [0.05, 0.1) is 12.3 Å². The third-order valence-corrected chi connectivity index (χ3v) is 3.61. The van der Waals surface area contributed by atoms with Crippen LogP contribution in [0.3, 0.4) is 0 Å². The second-order valence-corrected chi connectivity index (χ2v) is 5.93. The molecule has 0 saturated carbocycles. The Balaban J connectivity index is 1.89. The summed E-state index contributed by atoms with van der Waals surface area (Å²) in [5.74, 6) is 1.28. The van der Waals surface area contributed by atoms with Crippen LogP contribution < -0.4 is 5.32 Å². The summed E-state index contributed by atoms with van der Waals surface area (Å²) in [4.78, 5) is 0. The van der Waals surface area contributed by atoms with E-state index in [0.717, 1.165) is 39.1 Å². The number of aromatic nitrogens is 2. The highest BCUT2D eigenvalue weighted by molar-refractivity contribution is 5.11. The molecule has 1 aliphatic heterocycles. The molecule has 0 bridgehead atoms. The van der Waals surface area contributed by atoms with Gasteiger partial charge in [-0.05, 0) is 25.3 Å². The van der Waals surface area contributed by atoms with Crippen LogP contribution in [0.15, 0.2) is 12.4 Å². The summed E-state index contributed by atoms with van der Waals surface area (Å²) in [6.07, 6.45) is 6.61. The predicted molar refractivity (Wildman–Crippen MR) is 77.0 cm³/mol. The van der Waals surface area contributed by atoms with Crippen LogP contribution >= 0.6 is 0 Å². The van der Waals surface area contributed by atoms with E-state index in [9.17, 15) is 0 Å². The van der Waals surface area contributed by atoms with E-state index in [2.05, 4.69) is 37.4 Å². The molecule has 0 radical (unpaired) electrons. The molecule has 1 fully saturated rings. The number of hydrogen-bond acceptors (Lipinski definition) is 3. The fraction of sp³-hybridized carbons (Fsp3) is 0.800. The molecule has 1 aliphatic rings. The van der Waals surface area contributed by atoms with Gasteiger partial charge < -0.3 is 10.1 Å². The third-order valence-electron chi connectivity index (χ3n) is 3.61. The van der Waals surface area contributed by atoms with Crippen molar-refractivity contribution < 1.29 is 4.74 Å². The van der Waals surface area contributed by atoms with E-state index in [1.54, 1.807) is 0 Å². The highest BCUT2D eigenvalue weighted by atomic mass is 16.5. The molecule has 0 aromatic carbocycles. The number of nitrogens with zero attached hydrogens (tertiary/aromatic N) is 2. The van der Waals surface area contributed by atoms with Crippen molar-refractivity contribution >= 4 is 0 Å². The van der Waals surface area contributed by atoms with Crippen LogP contribution in [0.5, 0.6) is 0 Å². The molecule has 0 aliphatic carbocycles. The lowest BCUT2D eigenvalue weighted by molar-refractivity contribution is 0.0903. The zero-order valence-corrected chi connectivity index (χ0v) is 12.4. The molecule has 4 nitrogen and oxygen atoms in total. The maximum Gasteiger partial charge on any atom is 0.0896 e. The minimum atomic E-state index is 0.227. The summed E-state index contributed by atoms with van der Waals surface area (Å²) in [5, 5.41) is 7.96. The molecule has 2 unspecified atom stereocenters. The van der Waals surface area contributed by atoms with Gasteiger partial charge in [-0.1, -0.05) is 20.8 Å². The fourth-order valence-electron chi connectivity index (χ4n) is 2.65. The molecule has 4 heteroatoms. The van der Waals surface area contributed by atoms with Crippen molar-refractivity contribution in [3.05, 3.63) is 18.0 Å². The molecule has 1 aromatic rings. The van der Waals surface area contributed by atoms with E-state index >= 15 is 0 Å². The number of aryl methyl sites for hydroxylation is 1. The maximum absolute atomic E-state index is 5.91. The van der Waals surface area contributed by atoms with Gasteiger partial charge in [0.1, 0.15) is 0 Å². The van der Waals surface area contributed by atoms with Gasteiger partial charge in [-0.3, -0.25) is 4.68 Å². The van der Waals surface area contributed by atoms with Crippen LogP contribution in [0.2, 0.25) is 0 Å². The lowest BCUT2D eigenvalue weighted by atomic mass is 9.97. The monoisotopic (exact) mass is 265 g/mol. The topological polar surface area (TPSA) is 39.1 Å². The highest BCUT2D eigenvalue weighted by Crippen LogP contribution is 2.33. The van der Waals surface area contributed by atoms with Crippen LogP contribution in [0.1, 0.15) is 45.3 Å². The summed E-state index contributed by atoms with van der Waals surface area (Å²) in [6, 6.07) is 0. The van der Waals surface area contributed by atoms with Crippen molar-refractivity contribution in [2.75, 3.05) is 19.7 Å². The molecule has 2 atom stereocenters. The number of rotatable bonds is 7. The Kier molecular flexibility index (Phi) is 5.40. The Bertz CT molecular complexity index is 375. The van der Waals surface area contributed by atoms with Gasteiger partial charge in [-0.15, -0.1) is 0 Å². The van der Waals surface area contributed by atoms with Crippen LogP contribution in [-0.2, 0) is 11.3 Å². The van der Waals surface area contributed by atoms with E-state index in [0.29, 0.717) is 11.8 Å². The average molecular weight is 265 g/mol. The second kappa shape index (κ2) is 7.06. The van der Waals surface area contributed by atoms with Crippen molar-refractivity contribution in [3.63, 3.8) is 0 Å². The Morgan fingerprint density at radius 3 is 3.11 bits per heavy atom. The smallest absolute Gasteiger partial charge is 0.0896 e. The summed E-state index contributed by atoms with van der Waals surface area (Å²) in [6.45, 7) is 10.6. The quantitative estimate of drug-likeness (QED) is 0.823. The standard InChI is InChI=1S/C15H27N3O/c1-4-6-18-11-14(10-17-18)15-13(5-7-19-15)9-16-8-12(2)3/h10-13,15-16H,4-9H2,1-3H3. The van der Waals surface area contributed by atoms with E-state index in [-0.39, 0.29) is 6.10 Å². The van der Waals surface area contributed by atoms with E-state index in [1.807, 2.05) is 10.9 Å². The van der Waals surface area contributed by atoms with Gasteiger partial charge in [0.2, 0.25) is 0 Å². The lowest BCUT2D eigenvalue weighted by Gasteiger charge is -2.18. The second-order valence-electron chi connectivity index (χ2n) is 5.93. The Hall–Kier alpha value is -0.870. The Morgan fingerprint density at radius 2 is 2.37 bits per heavy atom. The minimum absolute atomic E-state index is 0.227. The first-order chi connectivity index (χ1) is 9.20. The average Bonchev–Trinajstić information content (AvgIpc) is 2.97. The first kappa shape index (κ1) is 14.5. The number of ether oxygens (including phenoxy) is 1. The SMILES string of the molecule is CCCn1cc(C2OCCC2CNCC(C)C)cn1. The van der Waals surface area contributed by atoms with Gasteiger partial charge in [0.15, 0.2) is 0 Å². The summed E-state index contributed by atoms with van der Waals surface area (Å²) in [5.41, 5.74) is 1.24. The zero-order chi connectivity index (χ0) is 13.7. The van der Waals surface area contributed by atoms with Crippen molar-refractivity contribution in [2.24, 2.45) is 11.8 Å². The first-order valence-electron chi connectivity index (χ1n) is 7.55. The fourth-order valence-corrected chi connectivity index (χ4v) is 2.65. The summed E-state index contributed by atoms with van der Waals surface area (Å²) >= 11 is 0. The Labute approximate surface area is 116 Å². The third kappa shape index (κ3) is 4.05. The lowest BCUT2D eigenvalue weighted by Crippen LogP contribution is -2.27. The zero-order valence-electron chi connectivity index (χ0n) is 12.4. The van der Waals surface area contributed by atoms with Crippen LogP contribution in [-0.4, -0.2) is 29.5 Å². The predicted octanol–water partition coefficient (Wildman–Crippen LogP) is 2.62. The molecule has 0 spiro atoms. The maximum atomic E-state index is 5.91. The molecule has 1 N–H and O–H groups in total. The van der Waals surface area contributed by atoms with Crippen molar-refractivity contribution in [1.82, 2.24) is 15.1 Å². The van der Waals surface area contributed by atoms with Gasteiger partial charge >= 0.3 is 0 Å². The molecule has 2 rings (SSSR count). The van der Waals surface area contributed by atoms with Crippen LogP contribution in [0.4, 0.5) is 0 Å². The normalized spacial score (nSPS) is 23.4. The molecule has 1 aromatic heterocycles. The van der Waals surface area contributed by atoms with E-state index < -0.39 is 0 Å². The van der Waals surface area contributed by atoms with E-state index in [1.165, 1.54) is 5.56 Å². The molecular formula is C15H27N3O. The highest BCUT2D eigenvalue weighted by Gasteiger charge is 2.30.